The second-order valence-corrected chi connectivity index (χ2v) is 5.93. The van der Waals surface area contributed by atoms with Crippen molar-refractivity contribution in [1.82, 2.24) is 9.78 Å². The molecule has 3 aromatic rings. The van der Waals surface area contributed by atoms with Gasteiger partial charge in [-0.2, -0.15) is 5.10 Å². The Bertz CT molecular complexity index is 842. The normalized spacial score (nSPS) is 10.7. The number of nitrogens with zero attached hydrogens (tertiary/aromatic N) is 2. The summed E-state index contributed by atoms with van der Waals surface area (Å²) < 4.78 is 15.6. The highest BCUT2D eigenvalue weighted by molar-refractivity contribution is 9.10. The molecule has 2 aromatic carbocycles. The van der Waals surface area contributed by atoms with Crippen LogP contribution in [0.5, 0.6) is 0 Å². The second-order valence-electron chi connectivity index (χ2n) is 5.01. The molecule has 0 radical (unpaired) electrons. The topological polar surface area (TPSA) is 55.1 Å². The van der Waals surface area contributed by atoms with Crippen molar-refractivity contribution in [2.75, 3.05) is 0 Å². The maximum atomic E-state index is 13.0. The number of halogens is 2. The lowest BCUT2D eigenvalue weighted by molar-refractivity contribution is 0.0689. The van der Waals surface area contributed by atoms with Crippen LogP contribution in [0.25, 0.3) is 11.3 Å². The van der Waals surface area contributed by atoms with Gasteiger partial charge in [0.25, 0.3) is 0 Å². The van der Waals surface area contributed by atoms with Gasteiger partial charge in [-0.3, -0.25) is 4.68 Å². The van der Waals surface area contributed by atoms with Crippen LogP contribution in [0.2, 0.25) is 0 Å². The van der Waals surface area contributed by atoms with E-state index in [2.05, 4.69) is 21.0 Å². The van der Waals surface area contributed by atoms with Gasteiger partial charge in [-0.05, 0) is 41.5 Å². The van der Waals surface area contributed by atoms with Crippen molar-refractivity contribution in [3.8, 4) is 11.3 Å². The number of carbonyl (C=O) groups is 1. The second kappa shape index (κ2) is 6.34. The Morgan fingerprint density at radius 3 is 2.39 bits per heavy atom. The van der Waals surface area contributed by atoms with Crippen molar-refractivity contribution in [2.24, 2.45) is 0 Å². The van der Waals surface area contributed by atoms with Gasteiger partial charge in [-0.15, -0.1) is 0 Å². The Balaban J connectivity index is 2.02. The third-order valence-corrected chi connectivity index (χ3v) is 3.91. The molecule has 3 rings (SSSR count). The number of rotatable bonds is 4. The van der Waals surface area contributed by atoms with Crippen molar-refractivity contribution in [2.45, 2.75) is 6.54 Å². The smallest absolute Gasteiger partial charge is 0.356 e. The Morgan fingerprint density at radius 1 is 1.13 bits per heavy atom. The maximum absolute atomic E-state index is 13.0. The van der Waals surface area contributed by atoms with E-state index >= 15 is 0 Å². The molecule has 0 atom stereocenters. The number of hydrogen-bond acceptors (Lipinski definition) is 2. The molecular formula is C17H12BrFN2O2. The number of aromatic nitrogens is 2. The Morgan fingerprint density at radius 2 is 1.78 bits per heavy atom. The van der Waals surface area contributed by atoms with Crippen LogP contribution in [0, 0.1) is 5.82 Å². The average molecular weight is 375 g/mol. The molecule has 0 aliphatic heterocycles. The first-order valence-corrected chi connectivity index (χ1v) is 7.64. The van der Waals surface area contributed by atoms with Crippen molar-refractivity contribution < 1.29 is 14.3 Å². The van der Waals surface area contributed by atoms with Gasteiger partial charge in [0.1, 0.15) is 5.82 Å². The molecule has 1 aromatic heterocycles. The van der Waals surface area contributed by atoms with E-state index in [9.17, 15) is 14.3 Å². The quantitative estimate of drug-likeness (QED) is 0.744. The largest absolute Gasteiger partial charge is 0.476 e. The Kier molecular flexibility index (Phi) is 4.25. The van der Waals surface area contributed by atoms with Gasteiger partial charge in [-0.25, -0.2) is 9.18 Å². The van der Waals surface area contributed by atoms with E-state index in [4.69, 9.17) is 0 Å². The highest BCUT2D eigenvalue weighted by atomic mass is 79.9. The predicted molar refractivity (Wildman–Crippen MR) is 87.8 cm³/mol. The summed E-state index contributed by atoms with van der Waals surface area (Å²) in [7, 11) is 0. The summed E-state index contributed by atoms with van der Waals surface area (Å²) in [4.78, 5) is 11.2. The van der Waals surface area contributed by atoms with Gasteiger partial charge in [0.2, 0.25) is 0 Å². The minimum Gasteiger partial charge on any atom is -0.476 e. The van der Waals surface area contributed by atoms with E-state index in [1.807, 2.05) is 24.3 Å². The first-order chi connectivity index (χ1) is 11.0. The van der Waals surface area contributed by atoms with Crippen LogP contribution >= 0.6 is 15.9 Å². The highest BCUT2D eigenvalue weighted by Gasteiger charge is 2.15. The molecule has 0 amide bonds. The first kappa shape index (κ1) is 15.4. The average Bonchev–Trinajstić information content (AvgIpc) is 2.94. The zero-order valence-electron chi connectivity index (χ0n) is 11.9. The van der Waals surface area contributed by atoms with Crippen molar-refractivity contribution >= 4 is 21.9 Å². The van der Waals surface area contributed by atoms with Crippen LogP contribution in [0.3, 0.4) is 0 Å². The molecule has 4 nitrogen and oxygen atoms in total. The van der Waals surface area contributed by atoms with Crippen LogP contribution in [0.1, 0.15) is 16.1 Å². The zero-order chi connectivity index (χ0) is 16.4. The fourth-order valence-electron chi connectivity index (χ4n) is 2.26. The van der Waals surface area contributed by atoms with Gasteiger partial charge in [0.05, 0.1) is 12.2 Å². The monoisotopic (exact) mass is 374 g/mol. The van der Waals surface area contributed by atoms with Crippen LogP contribution in [-0.4, -0.2) is 20.9 Å². The van der Waals surface area contributed by atoms with E-state index < -0.39 is 5.97 Å². The van der Waals surface area contributed by atoms with Crippen molar-refractivity contribution in [3.63, 3.8) is 0 Å². The molecule has 0 bridgehead atoms. The fourth-order valence-corrected chi connectivity index (χ4v) is 2.52. The molecule has 1 N–H and O–H groups in total. The number of carboxylic acids is 1. The molecule has 6 heteroatoms. The SMILES string of the molecule is O=C(O)c1cc(-c2ccc(Br)cc2)n(Cc2ccc(F)cc2)n1. The first-order valence-electron chi connectivity index (χ1n) is 6.84. The van der Waals surface area contributed by atoms with Crippen LogP contribution < -0.4 is 0 Å². The van der Waals surface area contributed by atoms with E-state index in [0.29, 0.717) is 12.2 Å². The molecule has 23 heavy (non-hydrogen) atoms. The van der Waals surface area contributed by atoms with Gasteiger partial charge >= 0.3 is 5.97 Å². The lowest BCUT2D eigenvalue weighted by Gasteiger charge is -2.08. The minimum atomic E-state index is -1.08. The van der Waals surface area contributed by atoms with Crippen molar-refractivity contribution in [1.29, 1.82) is 0 Å². The lowest BCUT2D eigenvalue weighted by Crippen LogP contribution is -2.06. The fraction of sp³-hybridized carbons (Fsp3) is 0.0588. The van der Waals surface area contributed by atoms with E-state index in [-0.39, 0.29) is 11.5 Å². The Labute approximate surface area is 140 Å². The van der Waals surface area contributed by atoms with Crippen LogP contribution in [0.4, 0.5) is 4.39 Å². The van der Waals surface area contributed by atoms with Crippen LogP contribution in [0.15, 0.2) is 59.1 Å². The summed E-state index contributed by atoms with van der Waals surface area (Å²) in [5.74, 6) is -1.39. The van der Waals surface area contributed by atoms with E-state index in [1.54, 1.807) is 16.8 Å². The molecule has 0 saturated carbocycles. The van der Waals surface area contributed by atoms with Crippen LogP contribution in [-0.2, 0) is 6.54 Å². The standard InChI is InChI=1S/C17H12BrFN2O2/c18-13-5-3-12(4-6-13)16-9-15(17(22)23)20-21(16)10-11-1-7-14(19)8-2-11/h1-9H,10H2,(H,22,23). The number of aromatic carboxylic acids is 1. The summed E-state index contributed by atoms with van der Waals surface area (Å²) in [5.41, 5.74) is 2.37. The highest BCUT2D eigenvalue weighted by Crippen LogP contribution is 2.24. The Hall–Kier alpha value is -2.47. The van der Waals surface area contributed by atoms with E-state index in [0.717, 1.165) is 15.6 Å². The molecule has 0 spiro atoms. The third-order valence-electron chi connectivity index (χ3n) is 3.38. The van der Waals surface area contributed by atoms with E-state index in [1.165, 1.54) is 18.2 Å². The molecule has 116 valence electrons. The van der Waals surface area contributed by atoms with Gasteiger partial charge < -0.3 is 5.11 Å². The predicted octanol–water partition coefficient (Wildman–Crippen LogP) is 4.20. The third kappa shape index (κ3) is 3.48. The van der Waals surface area contributed by atoms with Gasteiger partial charge in [-0.1, -0.05) is 40.2 Å². The molecule has 0 saturated heterocycles. The van der Waals surface area contributed by atoms with Gasteiger partial charge in [0, 0.05) is 4.47 Å². The minimum absolute atomic E-state index is 0.0231. The number of hydrogen-bond donors (Lipinski definition) is 1. The lowest BCUT2D eigenvalue weighted by atomic mass is 10.1. The van der Waals surface area contributed by atoms with Crippen molar-refractivity contribution in [3.05, 3.63) is 76.1 Å². The summed E-state index contributed by atoms with van der Waals surface area (Å²) in [6.45, 7) is 0.360. The zero-order valence-corrected chi connectivity index (χ0v) is 13.5. The number of carboxylic acid groups (broad SMARTS) is 1. The molecule has 1 heterocycles. The molecular weight excluding hydrogens is 363 g/mol. The summed E-state index contributed by atoms with van der Waals surface area (Å²) in [6.07, 6.45) is 0. The maximum Gasteiger partial charge on any atom is 0.356 e. The summed E-state index contributed by atoms with van der Waals surface area (Å²) in [6, 6.07) is 15.1. The number of benzene rings is 2. The molecule has 0 fully saturated rings. The van der Waals surface area contributed by atoms with Gasteiger partial charge in [0.15, 0.2) is 5.69 Å². The molecule has 0 unspecified atom stereocenters. The molecule has 0 aliphatic rings. The summed E-state index contributed by atoms with van der Waals surface area (Å²) >= 11 is 3.37. The molecule has 0 aliphatic carbocycles. The summed E-state index contributed by atoms with van der Waals surface area (Å²) in [5, 5.41) is 13.3.